The zero-order valence-corrected chi connectivity index (χ0v) is 4.89. The highest BCUT2D eigenvalue weighted by Crippen LogP contribution is 1.83. The van der Waals surface area contributed by atoms with E-state index in [1.54, 1.807) is 0 Å². The van der Waals surface area contributed by atoms with E-state index in [1.807, 2.05) is 0 Å². The van der Waals surface area contributed by atoms with E-state index in [-0.39, 0.29) is 5.70 Å². The summed E-state index contributed by atoms with van der Waals surface area (Å²) < 4.78 is 4.23. The molecule has 1 N–H and O–H groups in total. The van der Waals surface area contributed by atoms with Gasteiger partial charge < -0.3 is 10.5 Å². The van der Waals surface area contributed by atoms with Crippen molar-refractivity contribution in [1.82, 2.24) is 5.73 Å². The first-order valence-electron chi connectivity index (χ1n) is 2.14. The predicted octanol–water partition coefficient (Wildman–Crippen LogP) is 0.346. The van der Waals surface area contributed by atoms with Crippen LogP contribution in [0.5, 0.6) is 0 Å². The molecule has 0 spiro atoms. The van der Waals surface area contributed by atoms with Crippen LogP contribution < -0.4 is 5.73 Å². The number of hydrogen-bond acceptors (Lipinski definition) is 2. The number of hydrogen-bond donors (Lipinski definition) is 0. The first kappa shape index (κ1) is 7.01. The van der Waals surface area contributed by atoms with Crippen molar-refractivity contribution < 1.29 is 9.53 Å². The molecule has 45 valence electrons. The summed E-state index contributed by atoms with van der Waals surface area (Å²) in [6.45, 7) is 1.51. The number of allylic oxidation sites excluding steroid dienone is 1. The Morgan fingerprint density at radius 1 is 1.75 bits per heavy atom. The number of carbonyl (C=O) groups excluding carboxylic acids is 1. The van der Waals surface area contributed by atoms with Crippen molar-refractivity contribution in [2.45, 2.75) is 6.92 Å². The van der Waals surface area contributed by atoms with E-state index in [1.165, 1.54) is 14.0 Å². The molecule has 0 aliphatic carbocycles. The standard InChI is InChI=1S/C5H8NO2/c1-4(6)3-5(7)8-2/h3,6H,1-2H3/b4-3+. The molecule has 0 fully saturated rings. The van der Waals surface area contributed by atoms with Crippen molar-refractivity contribution in [2.75, 3.05) is 7.11 Å². The van der Waals surface area contributed by atoms with E-state index >= 15 is 0 Å². The van der Waals surface area contributed by atoms with Crippen LogP contribution >= 0.6 is 0 Å². The SMILES string of the molecule is COC(=O)/C=C(\C)[NH]. The minimum absolute atomic E-state index is 0.205. The van der Waals surface area contributed by atoms with Crippen LogP contribution in [-0.4, -0.2) is 13.1 Å². The van der Waals surface area contributed by atoms with Gasteiger partial charge in [-0.3, -0.25) is 0 Å². The molecule has 8 heavy (non-hydrogen) atoms. The number of carbonyl (C=O) groups is 1. The maximum atomic E-state index is 10.2. The Balaban J connectivity index is 3.70. The Morgan fingerprint density at radius 2 is 2.25 bits per heavy atom. The van der Waals surface area contributed by atoms with Gasteiger partial charge in [0.05, 0.1) is 7.11 Å². The average Bonchev–Trinajstić information content (AvgIpc) is 1.65. The highest BCUT2D eigenvalue weighted by molar-refractivity contribution is 5.82. The number of rotatable bonds is 1. The van der Waals surface area contributed by atoms with Gasteiger partial charge in [-0.05, 0) is 6.92 Å². The second kappa shape index (κ2) is 3.07. The predicted molar refractivity (Wildman–Crippen MR) is 28.9 cm³/mol. The van der Waals surface area contributed by atoms with E-state index in [0.29, 0.717) is 0 Å². The second-order valence-corrected chi connectivity index (χ2v) is 1.35. The van der Waals surface area contributed by atoms with Gasteiger partial charge in [-0.1, -0.05) is 0 Å². The zero-order valence-electron chi connectivity index (χ0n) is 4.89. The van der Waals surface area contributed by atoms with E-state index in [9.17, 15) is 4.79 Å². The molecule has 3 nitrogen and oxygen atoms in total. The smallest absolute Gasteiger partial charge is 0.332 e. The number of methoxy groups -OCH3 is 1. The maximum Gasteiger partial charge on any atom is 0.332 e. The molecule has 0 aromatic carbocycles. The van der Waals surface area contributed by atoms with Crippen LogP contribution in [0.1, 0.15) is 6.92 Å². The summed E-state index contributed by atoms with van der Waals surface area (Å²) in [5.41, 5.74) is 6.98. The Kier molecular flexibility index (Phi) is 2.69. The van der Waals surface area contributed by atoms with E-state index < -0.39 is 5.97 Å². The molecule has 0 amide bonds. The van der Waals surface area contributed by atoms with Crippen molar-refractivity contribution in [2.24, 2.45) is 0 Å². The van der Waals surface area contributed by atoms with Crippen LogP contribution in [0.15, 0.2) is 11.8 Å². The normalized spacial score (nSPS) is 11.0. The molecule has 1 radical (unpaired) electrons. The van der Waals surface area contributed by atoms with Gasteiger partial charge in [0.15, 0.2) is 0 Å². The lowest BCUT2D eigenvalue weighted by atomic mass is 10.4. The third-order valence-electron chi connectivity index (χ3n) is 0.536. The van der Waals surface area contributed by atoms with Crippen molar-refractivity contribution in [3.8, 4) is 0 Å². The lowest BCUT2D eigenvalue weighted by molar-refractivity contribution is -0.134. The average molecular weight is 114 g/mol. The Bertz CT molecular complexity index is 114. The van der Waals surface area contributed by atoms with Gasteiger partial charge in [0.25, 0.3) is 0 Å². The summed E-state index contributed by atoms with van der Waals surface area (Å²) in [7, 11) is 1.28. The molecule has 0 aromatic rings. The van der Waals surface area contributed by atoms with Gasteiger partial charge in [0, 0.05) is 11.8 Å². The van der Waals surface area contributed by atoms with Gasteiger partial charge in [-0.15, -0.1) is 0 Å². The molecule has 0 aliphatic heterocycles. The summed E-state index contributed by atoms with van der Waals surface area (Å²) in [4.78, 5) is 10.2. The van der Waals surface area contributed by atoms with Crippen LogP contribution in [-0.2, 0) is 9.53 Å². The second-order valence-electron chi connectivity index (χ2n) is 1.35. The molecule has 0 unspecified atom stereocenters. The van der Waals surface area contributed by atoms with Crippen molar-refractivity contribution >= 4 is 5.97 Å². The minimum Gasteiger partial charge on any atom is -0.466 e. The molecule has 0 atom stereocenters. The fourth-order valence-corrected chi connectivity index (χ4v) is 0.236. The molecule has 0 aromatic heterocycles. The summed E-state index contributed by atoms with van der Waals surface area (Å²) in [5.74, 6) is -0.475. The molecule has 0 saturated heterocycles. The number of ether oxygens (including phenoxy) is 1. The zero-order chi connectivity index (χ0) is 6.57. The van der Waals surface area contributed by atoms with Crippen LogP contribution in [0, 0.1) is 0 Å². The van der Waals surface area contributed by atoms with Gasteiger partial charge in [0.1, 0.15) is 0 Å². The lowest BCUT2D eigenvalue weighted by Crippen LogP contribution is -1.95. The van der Waals surface area contributed by atoms with Crippen molar-refractivity contribution in [1.29, 1.82) is 0 Å². The minimum atomic E-state index is -0.475. The van der Waals surface area contributed by atoms with Gasteiger partial charge in [-0.2, -0.15) is 0 Å². The molecule has 0 aliphatic rings. The highest BCUT2D eigenvalue weighted by atomic mass is 16.5. The maximum absolute atomic E-state index is 10.2. The fourth-order valence-electron chi connectivity index (χ4n) is 0.236. The molecular formula is C5H8NO2. The molecule has 0 bridgehead atoms. The van der Waals surface area contributed by atoms with Gasteiger partial charge in [-0.25, -0.2) is 4.79 Å². The highest BCUT2D eigenvalue weighted by Gasteiger charge is 1.90. The lowest BCUT2D eigenvalue weighted by Gasteiger charge is -1.88. The monoisotopic (exact) mass is 114 g/mol. The summed E-state index contributed by atoms with van der Waals surface area (Å²) in [6.07, 6.45) is 1.11. The van der Waals surface area contributed by atoms with Crippen LogP contribution in [0.4, 0.5) is 0 Å². The molecule has 0 heterocycles. The number of esters is 1. The summed E-state index contributed by atoms with van der Waals surface area (Å²) >= 11 is 0. The summed E-state index contributed by atoms with van der Waals surface area (Å²) in [5, 5.41) is 0. The fraction of sp³-hybridized carbons (Fsp3) is 0.400. The molecule has 0 saturated carbocycles. The van der Waals surface area contributed by atoms with Gasteiger partial charge >= 0.3 is 5.97 Å². The quantitative estimate of drug-likeness (QED) is 0.364. The van der Waals surface area contributed by atoms with Crippen LogP contribution in [0.25, 0.3) is 0 Å². The molecular weight excluding hydrogens is 106 g/mol. The van der Waals surface area contributed by atoms with Gasteiger partial charge in [0.2, 0.25) is 0 Å². The van der Waals surface area contributed by atoms with E-state index in [2.05, 4.69) is 4.74 Å². The third kappa shape index (κ3) is 3.21. The molecule has 3 heteroatoms. The first-order valence-corrected chi connectivity index (χ1v) is 2.14. The summed E-state index contributed by atoms with van der Waals surface area (Å²) in [6, 6.07) is 0. The van der Waals surface area contributed by atoms with Crippen LogP contribution in [0.3, 0.4) is 0 Å². The van der Waals surface area contributed by atoms with Crippen LogP contribution in [0.2, 0.25) is 0 Å². The largest absolute Gasteiger partial charge is 0.466 e. The first-order chi connectivity index (χ1) is 3.66. The molecule has 0 rings (SSSR count). The Labute approximate surface area is 48.1 Å². The van der Waals surface area contributed by atoms with E-state index in [4.69, 9.17) is 5.73 Å². The van der Waals surface area contributed by atoms with Crippen molar-refractivity contribution in [3.05, 3.63) is 11.8 Å². The number of nitrogens with one attached hydrogen (secondary N) is 1. The Morgan fingerprint density at radius 3 is 2.38 bits per heavy atom. The van der Waals surface area contributed by atoms with E-state index in [0.717, 1.165) is 6.08 Å². The van der Waals surface area contributed by atoms with Crippen molar-refractivity contribution in [3.63, 3.8) is 0 Å². The third-order valence-corrected chi connectivity index (χ3v) is 0.536. The topological polar surface area (TPSA) is 50.1 Å². The Hall–Kier alpha value is -0.990.